The highest BCUT2D eigenvalue weighted by Crippen LogP contribution is 2.37. The molecule has 2 aromatic rings. The van der Waals surface area contributed by atoms with Gasteiger partial charge in [0.15, 0.2) is 24.1 Å². The predicted octanol–water partition coefficient (Wildman–Crippen LogP) is 1.45. The number of aromatic nitrogens is 2. The third-order valence-electron chi connectivity index (χ3n) is 3.87. The standard InChI is InChI=1S/C16H19N5O2S/c1-3-24(23)16-19-14(17)13-15(20-16)21(12(9-22)18-13)8-11-6-4-10(2)5-7-11/h4-7,9,12,18H,3,8H2,1-2H3,(H2,17,19,20). The van der Waals surface area contributed by atoms with Crippen LogP contribution in [0.25, 0.3) is 0 Å². The van der Waals surface area contributed by atoms with Crippen LogP contribution in [0, 0.1) is 6.92 Å². The average Bonchev–Trinajstić information content (AvgIpc) is 2.94. The fourth-order valence-corrected chi connectivity index (χ4v) is 3.20. The molecule has 1 aromatic carbocycles. The van der Waals surface area contributed by atoms with Gasteiger partial charge in [-0.2, -0.15) is 9.97 Å². The fraction of sp³-hybridized carbons (Fsp3) is 0.312. The van der Waals surface area contributed by atoms with Crippen LogP contribution in [0.5, 0.6) is 0 Å². The zero-order valence-corrected chi connectivity index (χ0v) is 14.3. The molecule has 0 spiro atoms. The maximum atomic E-state index is 12.0. The third kappa shape index (κ3) is 3.02. The van der Waals surface area contributed by atoms with E-state index in [1.807, 2.05) is 31.2 Å². The Bertz CT molecular complexity index is 753. The molecule has 1 aliphatic heterocycles. The minimum Gasteiger partial charge on any atom is -0.609 e. The van der Waals surface area contributed by atoms with Crippen molar-refractivity contribution in [2.45, 2.75) is 31.7 Å². The van der Waals surface area contributed by atoms with Gasteiger partial charge in [0.05, 0.1) is 0 Å². The first-order valence-electron chi connectivity index (χ1n) is 7.63. The summed E-state index contributed by atoms with van der Waals surface area (Å²) in [7, 11) is 0. The monoisotopic (exact) mass is 345 g/mol. The molecule has 3 rings (SSSR count). The van der Waals surface area contributed by atoms with Gasteiger partial charge in [0.2, 0.25) is 0 Å². The van der Waals surface area contributed by atoms with Gasteiger partial charge in [-0.15, -0.1) is 0 Å². The molecule has 0 fully saturated rings. The van der Waals surface area contributed by atoms with Crippen molar-refractivity contribution < 1.29 is 9.35 Å². The van der Waals surface area contributed by atoms with Crippen LogP contribution in [0.3, 0.4) is 0 Å². The molecule has 0 aliphatic carbocycles. The number of nitrogen functional groups attached to an aromatic ring is 1. The number of hydrogen-bond acceptors (Lipinski definition) is 7. The number of hydrogen-bond donors (Lipinski definition) is 2. The molecule has 2 atom stereocenters. The van der Waals surface area contributed by atoms with Crippen molar-refractivity contribution in [3.8, 4) is 0 Å². The normalized spacial score (nSPS) is 17.3. The topological polar surface area (TPSA) is 107 Å². The van der Waals surface area contributed by atoms with E-state index in [4.69, 9.17) is 5.73 Å². The van der Waals surface area contributed by atoms with Crippen LogP contribution in [-0.4, -0.2) is 32.7 Å². The summed E-state index contributed by atoms with van der Waals surface area (Å²) in [5.74, 6) is 1.12. The summed E-state index contributed by atoms with van der Waals surface area (Å²) in [5, 5.41) is 3.22. The van der Waals surface area contributed by atoms with Gasteiger partial charge in [0, 0.05) is 17.7 Å². The Morgan fingerprint density at radius 3 is 2.71 bits per heavy atom. The summed E-state index contributed by atoms with van der Waals surface area (Å²) < 4.78 is 12.0. The Balaban J connectivity index is 1.99. The van der Waals surface area contributed by atoms with E-state index < -0.39 is 17.3 Å². The summed E-state index contributed by atoms with van der Waals surface area (Å²) in [4.78, 5) is 21.8. The number of benzene rings is 1. The number of rotatable bonds is 5. The van der Waals surface area contributed by atoms with Crippen LogP contribution < -0.4 is 16.0 Å². The van der Waals surface area contributed by atoms with Crippen molar-refractivity contribution in [3.63, 3.8) is 0 Å². The Morgan fingerprint density at radius 2 is 2.08 bits per heavy atom. The zero-order valence-electron chi connectivity index (χ0n) is 13.5. The SMILES string of the molecule is CC[S+]([O-])c1nc(N)c2c(n1)N(Cc1ccc(C)cc1)C(C=O)N2. The van der Waals surface area contributed by atoms with E-state index in [0.29, 0.717) is 23.8 Å². The van der Waals surface area contributed by atoms with E-state index in [-0.39, 0.29) is 11.0 Å². The molecule has 0 bridgehead atoms. The molecule has 0 amide bonds. The van der Waals surface area contributed by atoms with Crippen molar-refractivity contribution in [2.75, 3.05) is 21.7 Å². The zero-order chi connectivity index (χ0) is 17.3. The highest BCUT2D eigenvalue weighted by molar-refractivity contribution is 7.91. The number of nitrogens with one attached hydrogen (secondary N) is 1. The number of aldehydes is 1. The van der Waals surface area contributed by atoms with Gasteiger partial charge in [-0.05, 0) is 19.4 Å². The number of aryl methyl sites for hydroxylation is 1. The second-order valence-corrected chi connectivity index (χ2v) is 7.20. The molecule has 0 saturated heterocycles. The highest BCUT2D eigenvalue weighted by Gasteiger charge is 2.34. The molecule has 3 N–H and O–H groups in total. The first kappa shape index (κ1) is 16.5. The lowest BCUT2D eigenvalue weighted by Gasteiger charge is -2.22. The van der Waals surface area contributed by atoms with Crippen LogP contribution in [0.2, 0.25) is 0 Å². The third-order valence-corrected chi connectivity index (χ3v) is 4.98. The van der Waals surface area contributed by atoms with Gasteiger partial charge in [0.25, 0.3) is 0 Å². The molecule has 1 aliphatic rings. The number of nitrogens with two attached hydrogens (primary N) is 1. The van der Waals surface area contributed by atoms with Gasteiger partial charge < -0.3 is 20.5 Å². The number of carbonyl (C=O) groups excluding carboxylic acids is 1. The highest BCUT2D eigenvalue weighted by atomic mass is 32.2. The van der Waals surface area contributed by atoms with Crippen LogP contribution >= 0.6 is 0 Å². The quantitative estimate of drug-likeness (QED) is 0.480. The molecular formula is C16H19N5O2S. The summed E-state index contributed by atoms with van der Waals surface area (Å²) in [6, 6.07) is 8.04. The number of anilines is 3. The van der Waals surface area contributed by atoms with Gasteiger partial charge in [-0.25, -0.2) is 0 Å². The summed E-state index contributed by atoms with van der Waals surface area (Å²) in [5.41, 5.74) is 8.68. The Hall–Kier alpha value is -2.32. The lowest BCUT2D eigenvalue weighted by atomic mass is 10.1. The van der Waals surface area contributed by atoms with Gasteiger partial charge in [0.1, 0.15) is 11.4 Å². The molecule has 2 unspecified atom stereocenters. The largest absolute Gasteiger partial charge is 0.609 e. The Labute approximate surface area is 143 Å². The smallest absolute Gasteiger partial charge is 0.346 e. The van der Waals surface area contributed by atoms with Crippen LogP contribution in [-0.2, 0) is 22.5 Å². The van der Waals surface area contributed by atoms with Crippen LogP contribution in [0.1, 0.15) is 18.1 Å². The van der Waals surface area contributed by atoms with E-state index in [1.54, 1.807) is 11.8 Å². The van der Waals surface area contributed by atoms with Crippen molar-refractivity contribution in [3.05, 3.63) is 35.4 Å². The molecule has 0 saturated carbocycles. The van der Waals surface area contributed by atoms with Crippen LogP contribution in [0.4, 0.5) is 17.3 Å². The first-order valence-corrected chi connectivity index (χ1v) is 8.95. The molecular weight excluding hydrogens is 326 g/mol. The summed E-state index contributed by atoms with van der Waals surface area (Å²) in [6.45, 7) is 4.29. The van der Waals surface area contributed by atoms with Gasteiger partial charge in [-0.1, -0.05) is 29.8 Å². The van der Waals surface area contributed by atoms with E-state index in [1.165, 1.54) is 0 Å². The van der Waals surface area contributed by atoms with Crippen molar-refractivity contribution in [1.29, 1.82) is 0 Å². The molecule has 8 heteroatoms. The van der Waals surface area contributed by atoms with Gasteiger partial charge in [-0.3, -0.25) is 4.79 Å². The van der Waals surface area contributed by atoms with E-state index in [0.717, 1.165) is 17.4 Å². The second kappa shape index (κ2) is 6.66. The molecule has 1 aromatic heterocycles. The average molecular weight is 345 g/mol. The van der Waals surface area contributed by atoms with E-state index >= 15 is 0 Å². The molecule has 0 radical (unpaired) electrons. The molecule has 2 heterocycles. The minimum atomic E-state index is -1.32. The van der Waals surface area contributed by atoms with Crippen LogP contribution in [0.15, 0.2) is 29.4 Å². The van der Waals surface area contributed by atoms with Crippen molar-refractivity contribution in [1.82, 2.24) is 9.97 Å². The summed E-state index contributed by atoms with van der Waals surface area (Å²) in [6.07, 6.45) is 0.217. The maximum absolute atomic E-state index is 12.0. The van der Waals surface area contributed by atoms with E-state index in [9.17, 15) is 9.35 Å². The molecule has 7 nitrogen and oxygen atoms in total. The van der Waals surface area contributed by atoms with Crippen molar-refractivity contribution >= 4 is 34.8 Å². The summed E-state index contributed by atoms with van der Waals surface area (Å²) >= 11 is -1.32. The van der Waals surface area contributed by atoms with Crippen molar-refractivity contribution in [2.24, 2.45) is 0 Å². The maximum Gasteiger partial charge on any atom is 0.346 e. The Kier molecular flexibility index (Phi) is 4.59. The minimum absolute atomic E-state index is 0.191. The van der Waals surface area contributed by atoms with Gasteiger partial charge >= 0.3 is 5.16 Å². The molecule has 24 heavy (non-hydrogen) atoms. The number of fused-ring (bicyclic) bond motifs is 1. The Morgan fingerprint density at radius 1 is 1.38 bits per heavy atom. The lowest BCUT2D eigenvalue weighted by Crippen LogP contribution is -2.36. The second-order valence-electron chi connectivity index (χ2n) is 5.56. The predicted molar refractivity (Wildman–Crippen MR) is 94.2 cm³/mol. The first-order chi connectivity index (χ1) is 11.5. The lowest BCUT2D eigenvalue weighted by molar-refractivity contribution is -0.108. The number of nitrogens with zero attached hydrogens (tertiary/aromatic N) is 3. The molecule has 126 valence electrons. The fourth-order valence-electron chi connectivity index (χ4n) is 2.55. The number of carbonyl (C=O) groups is 1. The van der Waals surface area contributed by atoms with E-state index in [2.05, 4.69) is 15.3 Å².